The Morgan fingerprint density at radius 3 is 2.84 bits per heavy atom. The Balaban J connectivity index is 2.07. The predicted molar refractivity (Wildman–Crippen MR) is 79.5 cm³/mol. The molecule has 0 atom stereocenters. The highest BCUT2D eigenvalue weighted by molar-refractivity contribution is 6.30. The molecule has 1 heterocycles. The van der Waals surface area contributed by atoms with E-state index in [9.17, 15) is 0 Å². The van der Waals surface area contributed by atoms with E-state index in [1.54, 1.807) is 0 Å². The van der Waals surface area contributed by atoms with Gasteiger partial charge in [0.2, 0.25) is 0 Å². The number of halogens is 1. The van der Waals surface area contributed by atoms with Gasteiger partial charge >= 0.3 is 0 Å². The van der Waals surface area contributed by atoms with Gasteiger partial charge in [-0.25, -0.2) is 0 Å². The smallest absolute Gasteiger partial charge is 0.0660 e. The lowest BCUT2D eigenvalue weighted by molar-refractivity contribution is 0.587. The van der Waals surface area contributed by atoms with Crippen molar-refractivity contribution in [1.82, 2.24) is 15.1 Å². The summed E-state index contributed by atoms with van der Waals surface area (Å²) in [4.78, 5) is 0. The van der Waals surface area contributed by atoms with Crippen molar-refractivity contribution < 1.29 is 0 Å². The van der Waals surface area contributed by atoms with Crippen LogP contribution in [0.2, 0.25) is 5.02 Å². The summed E-state index contributed by atoms with van der Waals surface area (Å²) in [7, 11) is 0. The summed E-state index contributed by atoms with van der Waals surface area (Å²) < 4.78 is 1.97. The van der Waals surface area contributed by atoms with Crippen molar-refractivity contribution in [1.29, 1.82) is 0 Å². The quantitative estimate of drug-likeness (QED) is 0.908. The first-order valence-corrected chi connectivity index (χ1v) is 6.93. The van der Waals surface area contributed by atoms with E-state index < -0.39 is 0 Å². The fourth-order valence-electron chi connectivity index (χ4n) is 1.95. The van der Waals surface area contributed by atoms with Gasteiger partial charge in [0.25, 0.3) is 0 Å². The van der Waals surface area contributed by atoms with Crippen LogP contribution in [0.25, 0.3) is 0 Å². The Morgan fingerprint density at radius 1 is 1.37 bits per heavy atom. The van der Waals surface area contributed by atoms with E-state index in [0.717, 1.165) is 23.8 Å². The molecule has 0 unspecified atom stereocenters. The third kappa shape index (κ3) is 4.08. The van der Waals surface area contributed by atoms with Crippen LogP contribution in [0.15, 0.2) is 30.5 Å². The molecule has 2 rings (SSSR count). The molecule has 0 amide bonds. The maximum absolute atomic E-state index is 5.99. The molecule has 19 heavy (non-hydrogen) atoms. The zero-order valence-electron chi connectivity index (χ0n) is 11.7. The van der Waals surface area contributed by atoms with E-state index in [4.69, 9.17) is 11.6 Å². The molecule has 102 valence electrons. The van der Waals surface area contributed by atoms with E-state index in [1.165, 1.54) is 11.1 Å². The van der Waals surface area contributed by atoms with Crippen molar-refractivity contribution >= 4 is 11.6 Å². The minimum absolute atomic E-state index is 0.482. The molecule has 4 heteroatoms. The largest absolute Gasteiger partial charge is 0.310 e. The Bertz CT molecular complexity index is 546. The lowest BCUT2D eigenvalue weighted by Gasteiger charge is -2.06. The average molecular weight is 278 g/mol. The first-order valence-electron chi connectivity index (χ1n) is 6.55. The van der Waals surface area contributed by atoms with E-state index in [0.29, 0.717) is 6.04 Å². The summed E-state index contributed by atoms with van der Waals surface area (Å²) in [5.41, 5.74) is 3.49. The summed E-state index contributed by atoms with van der Waals surface area (Å²) in [5, 5.41) is 8.73. The van der Waals surface area contributed by atoms with Crippen molar-refractivity contribution in [3.63, 3.8) is 0 Å². The molecule has 1 N–H and O–H groups in total. The Morgan fingerprint density at radius 2 is 2.16 bits per heavy atom. The number of nitrogens with zero attached hydrogens (tertiary/aromatic N) is 2. The zero-order chi connectivity index (χ0) is 13.8. The lowest BCUT2D eigenvalue weighted by atomic mass is 10.2. The Labute approximate surface area is 119 Å². The van der Waals surface area contributed by atoms with Crippen LogP contribution in [0.4, 0.5) is 0 Å². The molecule has 0 saturated heterocycles. The second kappa shape index (κ2) is 6.22. The van der Waals surface area contributed by atoms with Crippen LogP contribution in [-0.2, 0) is 13.1 Å². The lowest BCUT2D eigenvalue weighted by Crippen LogP contribution is -2.21. The maximum atomic E-state index is 5.99. The van der Waals surface area contributed by atoms with Crippen molar-refractivity contribution in [3.05, 3.63) is 52.3 Å². The van der Waals surface area contributed by atoms with Gasteiger partial charge in [-0.3, -0.25) is 4.68 Å². The third-order valence-corrected chi connectivity index (χ3v) is 3.22. The zero-order valence-corrected chi connectivity index (χ0v) is 12.4. The highest BCUT2D eigenvalue weighted by atomic mass is 35.5. The molecule has 1 aromatic carbocycles. The first-order chi connectivity index (χ1) is 9.04. The fraction of sp³-hybridized carbons (Fsp3) is 0.400. The van der Waals surface area contributed by atoms with Crippen LogP contribution < -0.4 is 5.32 Å². The number of rotatable bonds is 5. The normalized spacial score (nSPS) is 11.2. The topological polar surface area (TPSA) is 29.9 Å². The number of benzene rings is 1. The summed E-state index contributed by atoms with van der Waals surface area (Å²) in [5.74, 6) is 0. The molecule has 0 fully saturated rings. The van der Waals surface area contributed by atoms with Crippen molar-refractivity contribution in [2.75, 3.05) is 0 Å². The van der Waals surface area contributed by atoms with Crippen molar-refractivity contribution in [2.24, 2.45) is 0 Å². The van der Waals surface area contributed by atoms with E-state index in [-0.39, 0.29) is 0 Å². The van der Waals surface area contributed by atoms with E-state index in [2.05, 4.69) is 36.5 Å². The van der Waals surface area contributed by atoms with Crippen LogP contribution in [0.5, 0.6) is 0 Å². The van der Waals surface area contributed by atoms with E-state index >= 15 is 0 Å². The molecular weight excluding hydrogens is 258 g/mol. The van der Waals surface area contributed by atoms with Gasteiger partial charge in [-0.1, -0.05) is 37.6 Å². The van der Waals surface area contributed by atoms with Gasteiger partial charge in [0.05, 0.1) is 12.2 Å². The molecule has 0 saturated carbocycles. The number of aromatic nitrogens is 2. The Kier molecular flexibility index (Phi) is 4.61. The SMILES string of the molecule is Cc1nn(Cc2cccc(Cl)c2)cc1CNC(C)C. The highest BCUT2D eigenvalue weighted by Crippen LogP contribution is 2.13. The third-order valence-electron chi connectivity index (χ3n) is 2.98. The fourth-order valence-corrected chi connectivity index (χ4v) is 2.16. The van der Waals surface area contributed by atoms with E-state index in [1.807, 2.05) is 29.8 Å². The molecule has 1 aromatic heterocycles. The average Bonchev–Trinajstić information content (AvgIpc) is 2.67. The first kappa shape index (κ1) is 14.1. The maximum Gasteiger partial charge on any atom is 0.0660 e. The van der Waals surface area contributed by atoms with Crippen molar-refractivity contribution in [2.45, 2.75) is 39.9 Å². The Hall–Kier alpha value is -1.32. The standard InChI is InChI=1S/C15H20ClN3/c1-11(2)17-8-14-10-19(18-12(14)3)9-13-5-4-6-15(16)7-13/h4-7,10-11,17H,8-9H2,1-3H3. The molecule has 2 aromatic rings. The molecule has 0 aliphatic carbocycles. The minimum Gasteiger partial charge on any atom is -0.310 e. The monoisotopic (exact) mass is 277 g/mol. The highest BCUT2D eigenvalue weighted by Gasteiger charge is 2.06. The molecule has 0 aliphatic heterocycles. The van der Waals surface area contributed by atoms with Crippen LogP contribution >= 0.6 is 11.6 Å². The van der Waals surface area contributed by atoms with Gasteiger partial charge < -0.3 is 5.32 Å². The van der Waals surface area contributed by atoms with Crippen molar-refractivity contribution in [3.8, 4) is 0 Å². The van der Waals surface area contributed by atoms with Gasteiger partial charge in [0.1, 0.15) is 0 Å². The van der Waals surface area contributed by atoms with Gasteiger partial charge in [-0.15, -0.1) is 0 Å². The van der Waals surface area contributed by atoms with Gasteiger partial charge in [-0.05, 0) is 24.6 Å². The molecule has 3 nitrogen and oxygen atoms in total. The molecule has 0 bridgehead atoms. The van der Waals surface area contributed by atoms with Gasteiger partial charge in [0.15, 0.2) is 0 Å². The van der Waals surface area contributed by atoms with Crippen LogP contribution in [0.1, 0.15) is 30.7 Å². The van der Waals surface area contributed by atoms with Crippen LogP contribution in [-0.4, -0.2) is 15.8 Å². The van der Waals surface area contributed by atoms with Gasteiger partial charge in [0, 0.05) is 29.4 Å². The van der Waals surface area contributed by atoms with Crippen LogP contribution in [0, 0.1) is 6.92 Å². The molecular formula is C15H20ClN3. The van der Waals surface area contributed by atoms with Gasteiger partial charge in [-0.2, -0.15) is 5.10 Å². The second-order valence-electron chi connectivity index (χ2n) is 5.10. The summed E-state index contributed by atoms with van der Waals surface area (Å²) in [6, 6.07) is 8.38. The molecule has 0 aliphatic rings. The summed E-state index contributed by atoms with van der Waals surface area (Å²) in [6.45, 7) is 7.95. The summed E-state index contributed by atoms with van der Waals surface area (Å²) >= 11 is 5.99. The number of nitrogens with one attached hydrogen (secondary N) is 1. The second-order valence-corrected chi connectivity index (χ2v) is 5.54. The van der Waals surface area contributed by atoms with Crippen LogP contribution in [0.3, 0.4) is 0 Å². The summed E-state index contributed by atoms with van der Waals surface area (Å²) in [6.07, 6.45) is 2.10. The molecule has 0 spiro atoms. The number of hydrogen-bond donors (Lipinski definition) is 1. The molecule has 0 radical (unpaired) electrons. The minimum atomic E-state index is 0.482. The predicted octanol–water partition coefficient (Wildman–Crippen LogP) is 3.39. The number of aryl methyl sites for hydroxylation is 1. The number of hydrogen-bond acceptors (Lipinski definition) is 2.